The maximum atomic E-state index is 6.21. The van der Waals surface area contributed by atoms with Crippen LogP contribution >= 0.6 is 35.7 Å². The van der Waals surface area contributed by atoms with Gasteiger partial charge in [-0.3, -0.25) is 0 Å². The number of benzene rings is 1. The first-order valence-corrected chi connectivity index (χ1v) is 9.24. The maximum Gasteiger partial charge on any atom is 0.191 e. The van der Waals surface area contributed by atoms with Crippen molar-refractivity contribution in [3.8, 4) is 0 Å². The normalized spacial score (nSPS) is 24.2. The van der Waals surface area contributed by atoms with Gasteiger partial charge in [0, 0.05) is 31.7 Å². The molecule has 1 fully saturated rings. The Bertz CT molecular complexity index is 567. The molecule has 2 aliphatic heterocycles. The van der Waals surface area contributed by atoms with Crippen LogP contribution in [0.2, 0.25) is 0 Å². The van der Waals surface area contributed by atoms with E-state index in [-0.39, 0.29) is 24.0 Å². The summed E-state index contributed by atoms with van der Waals surface area (Å²) in [5.41, 5.74) is 8.18. The Balaban J connectivity index is 0.00000208. The van der Waals surface area contributed by atoms with Gasteiger partial charge in [0.05, 0.1) is 19.8 Å². The summed E-state index contributed by atoms with van der Waals surface area (Å²) < 4.78 is 11.6. The molecule has 3 rings (SSSR count). The Morgan fingerprint density at radius 2 is 2.12 bits per heavy atom. The molecule has 1 aromatic rings. The van der Waals surface area contributed by atoms with Crippen LogP contribution in [0.5, 0.6) is 0 Å². The molecule has 0 aromatic heterocycles. The van der Waals surface area contributed by atoms with Crippen LogP contribution in [0.3, 0.4) is 0 Å². The van der Waals surface area contributed by atoms with E-state index in [1.807, 2.05) is 17.8 Å². The second-order valence-corrected chi connectivity index (χ2v) is 7.18. The van der Waals surface area contributed by atoms with Gasteiger partial charge in [0.15, 0.2) is 5.96 Å². The summed E-state index contributed by atoms with van der Waals surface area (Å²) in [4.78, 5) is 6.83. The largest absolute Gasteiger partial charge is 0.381 e. The highest BCUT2D eigenvalue weighted by atomic mass is 127. The number of rotatable bonds is 4. The number of thioether (sulfide) groups is 1. The fourth-order valence-corrected chi connectivity index (χ4v) is 4.15. The Hall–Kier alpha value is -0.510. The van der Waals surface area contributed by atoms with Gasteiger partial charge < -0.3 is 20.1 Å². The SMILES string of the molecule is COCC1(CN=C(N)N2CCSCC2)OCCc2ccccc21.I. The third kappa shape index (κ3) is 4.36. The summed E-state index contributed by atoms with van der Waals surface area (Å²) in [7, 11) is 1.71. The van der Waals surface area contributed by atoms with Crippen LogP contribution in [0.15, 0.2) is 29.3 Å². The molecule has 134 valence electrons. The second-order valence-electron chi connectivity index (χ2n) is 5.96. The molecule has 1 unspecified atom stereocenters. The van der Waals surface area contributed by atoms with Crippen molar-refractivity contribution in [1.29, 1.82) is 0 Å². The highest BCUT2D eigenvalue weighted by Gasteiger charge is 2.38. The minimum absolute atomic E-state index is 0. The van der Waals surface area contributed by atoms with E-state index in [1.165, 1.54) is 11.1 Å². The van der Waals surface area contributed by atoms with Crippen molar-refractivity contribution in [3.63, 3.8) is 0 Å². The van der Waals surface area contributed by atoms with E-state index in [2.05, 4.69) is 28.1 Å². The number of nitrogens with two attached hydrogens (primary N) is 1. The first-order chi connectivity index (χ1) is 11.2. The lowest BCUT2D eigenvalue weighted by molar-refractivity contribution is -0.0960. The lowest BCUT2D eigenvalue weighted by Crippen LogP contribution is -2.46. The summed E-state index contributed by atoms with van der Waals surface area (Å²) in [6.45, 7) is 3.60. The van der Waals surface area contributed by atoms with Crippen LogP contribution in [0.1, 0.15) is 11.1 Å². The van der Waals surface area contributed by atoms with E-state index in [4.69, 9.17) is 15.2 Å². The van der Waals surface area contributed by atoms with Crippen molar-refractivity contribution in [2.45, 2.75) is 12.0 Å². The Morgan fingerprint density at radius 1 is 1.38 bits per heavy atom. The zero-order valence-corrected chi connectivity index (χ0v) is 17.2. The maximum absolute atomic E-state index is 6.21. The molecule has 2 aliphatic rings. The third-order valence-corrected chi connectivity index (χ3v) is 5.41. The average Bonchev–Trinajstić information content (AvgIpc) is 2.61. The van der Waals surface area contributed by atoms with Gasteiger partial charge in [-0.1, -0.05) is 24.3 Å². The van der Waals surface area contributed by atoms with Crippen LogP contribution < -0.4 is 5.73 Å². The molecule has 0 aliphatic carbocycles. The molecule has 0 radical (unpaired) electrons. The molecule has 7 heteroatoms. The molecule has 2 N–H and O–H groups in total. The van der Waals surface area contributed by atoms with Crippen molar-refractivity contribution in [3.05, 3.63) is 35.4 Å². The molecule has 24 heavy (non-hydrogen) atoms. The van der Waals surface area contributed by atoms with Crippen LogP contribution in [0.4, 0.5) is 0 Å². The summed E-state index contributed by atoms with van der Waals surface area (Å²) in [5, 5.41) is 0. The average molecular weight is 463 g/mol. The van der Waals surface area contributed by atoms with Gasteiger partial charge in [-0.2, -0.15) is 11.8 Å². The summed E-state index contributed by atoms with van der Waals surface area (Å²) in [6, 6.07) is 8.41. The highest BCUT2D eigenvalue weighted by molar-refractivity contribution is 14.0. The second kappa shape index (κ2) is 9.26. The number of fused-ring (bicyclic) bond motifs is 1. The van der Waals surface area contributed by atoms with E-state index in [9.17, 15) is 0 Å². The van der Waals surface area contributed by atoms with Gasteiger partial charge >= 0.3 is 0 Å². The molecule has 0 spiro atoms. The minimum atomic E-state index is -0.529. The molecule has 0 amide bonds. The fraction of sp³-hybridized carbons (Fsp3) is 0.588. The number of guanidine groups is 1. The molecule has 5 nitrogen and oxygen atoms in total. The smallest absolute Gasteiger partial charge is 0.191 e. The molecule has 0 saturated carbocycles. The van der Waals surface area contributed by atoms with E-state index >= 15 is 0 Å². The monoisotopic (exact) mass is 463 g/mol. The predicted octanol–water partition coefficient (Wildman–Crippen LogP) is 2.08. The Labute approximate surface area is 165 Å². The van der Waals surface area contributed by atoms with Crippen molar-refractivity contribution < 1.29 is 9.47 Å². The van der Waals surface area contributed by atoms with Gasteiger partial charge in [-0.25, -0.2) is 4.99 Å². The zero-order chi connectivity index (χ0) is 16.1. The van der Waals surface area contributed by atoms with Crippen molar-refractivity contribution in [2.24, 2.45) is 10.7 Å². The molecule has 0 bridgehead atoms. The van der Waals surface area contributed by atoms with Gasteiger partial charge in [-0.05, 0) is 17.5 Å². The lowest BCUT2D eigenvalue weighted by atomic mass is 9.86. The quantitative estimate of drug-likeness (QED) is 0.421. The standard InChI is InChI=1S/C17H25N3O2S.HI/c1-21-13-17(12-19-16(18)20-7-10-23-11-8-20)15-5-3-2-4-14(15)6-9-22-17;/h2-5H,6-13H2,1H3,(H2,18,19);1H. The van der Waals surface area contributed by atoms with E-state index in [0.717, 1.165) is 31.0 Å². The summed E-state index contributed by atoms with van der Waals surface area (Å²) in [5.74, 6) is 2.84. The van der Waals surface area contributed by atoms with Crippen molar-refractivity contribution in [1.82, 2.24) is 4.90 Å². The van der Waals surface area contributed by atoms with E-state index in [1.54, 1.807) is 7.11 Å². The Morgan fingerprint density at radius 3 is 2.88 bits per heavy atom. The van der Waals surface area contributed by atoms with Crippen LogP contribution in [-0.4, -0.2) is 62.3 Å². The molecule has 1 aromatic carbocycles. The van der Waals surface area contributed by atoms with Gasteiger partial charge in [0.2, 0.25) is 0 Å². The fourth-order valence-electron chi connectivity index (χ4n) is 3.25. The first-order valence-electron chi connectivity index (χ1n) is 8.09. The minimum Gasteiger partial charge on any atom is -0.381 e. The number of hydrogen-bond donors (Lipinski definition) is 1. The number of hydrogen-bond acceptors (Lipinski definition) is 4. The van der Waals surface area contributed by atoms with Crippen LogP contribution in [-0.2, 0) is 21.5 Å². The number of nitrogens with zero attached hydrogens (tertiary/aromatic N) is 2. The number of ether oxygens (including phenoxy) is 2. The van der Waals surface area contributed by atoms with Crippen molar-refractivity contribution in [2.75, 3.05) is 51.5 Å². The number of aliphatic imine (C=N–C) groups is 1. The number of methoxy groups -OCH3 is 1. The third-order valence-electron chi connectivity index (χ3n) is 4.47. The molecule has 1 atom stereocenters. The first kappa shape index (κ1) is 19.8. The molecule has 2 heterocycles. The van der Waals surface area contributed by atoms with Crippen molar-refractivity contribution >= 4 is 41.7 Å². The lowest BCUT2D eigenvalue weighted by Gasteiger charge is -2.38. The zero-order valence-electron chi connectivity index (χ0n) is 14.1. The molecular weight excluding hydrogens is 437 g/mol. The molecular formula is C17H26IN3O2S. The van der Waals surface area contributed by atoms with Crippen LogP contribution in [0.25, 0.3) is 0 Å². The summed E-state index contributed by atoms with van der Waals surface area (Å²) in [6.07, 6.45) is 0.935. The van der Waals surface area contributed by atoms with E-state index in [0.29, 0.717) is 25.7 Å². The van der Waals surface area contributed by atoms with Gasteiger partial charge in [0.1, 0.15) is 5.60 Å². The highest BCUT2D eigenvalue weighted by Crippen LogP contribution is 2.34. The van der Waals surface area contributed by atoms with Crippen LogP contribution in [0, 0.1) is 0 Å². The van der Waals surface area contributed by atoms with Gasteiger partial charge in [-0.15, -0.1) is 24.0 Å². The Kier molecular flexibility index (Phi) is 7.64. The topological polar surface area (TPSA) is 60.1 Å². The predicted molar refractivity (Wildman–Crippen MR) is 110 cm³/mol. The summed E-state index contributed by atoms with van der Waals surface area (Å²) >= 11 is 1.96. The van der Waals surface area contributed by atoms with E-state index < -0.39 is 5.60 Å². The molecule has 1 saturated heterocycles. The number of halogens is 1. The van der Waals surface area contributed by atoms with Gasteiger partial charge in [0.25, 0.3) is 0 Å².